The molecule has 4 atom stereocenters. The lowest BCUT2D eigenvalue weighted by molar-refractivity contribution is -0.0184. The first kappa shape index (κ1) is 9.45. The van der Waals surface area contributed by atoms with Gasteiger partial charge in [0.05, 0.1) is 0 Å². The Bertz CT molecular complexity index is 218. The molecule has 2 fully saturated rings. The third kappa shape index (κ3) is 1.39. The quantitative estimate of drug-likeness (QED) is 0.612. The van der Waals surface area contributed by atoms with Crippen molar-refractivity contribution in [2.24, 2.45) is 5.92 Å². The third-order valence-electron chi connectivity index (χ3n) is 3.89. The van der Waals surface area contributed by atoms with Crippen LogP contribution in [0.2, 0.25) is 0 Å². The zero-order valence-corrected chi connectivity index (χ0v) is 8.86. The van der Waals surface area contributed by atoms with Gasteiger partial charge in [-0.2, -0.15) is 0 Å². The van der Waals surface area contributed by atoms with Crippen molar-refractivity contribution in [1.82, 2.24) is 5.32 Å². The van der Waals surface area contributed by atoms with Crippen LogP contribution in [0.15, 0.2) is 0 Å². The molecule has 0 aliphatic carbocycles. The van der Waals surface area contributed by atoms with E-state index in [1.54, 1.807) is 0 Å². The molecule has 2 aliphatic rings. The fourth-order valence-electron chi connectivity index (χ4n) is 3.46. The van der Waals surface area contributed by atoms with E-state index in [1.165, 1.54) is 12.8 Å². The number of fused-ring (bicyclic) bond motifs is 2. The van der Waals surface area contributed by atoms with Crippen LogP contribution in [0.4, 0.5) is 4.39 Å². The number of piperidine rings is 2. The normalized spacial score (nSPS) is 56.3. The Morgan fingerprint density at radius 1 is 1.31 bits per heavy atom. The van der Waals surface area contributed by atoms with E-state index in [1.807, 2.05) is 13.8 Å². The van der Waals surface area contributed by atoms with Gasteiger partial charge < -0.3 is 5.32 Å². The molecule has 76 valence electrons. The van der Waals surface area contributed by atoms with Gasteiger partial charge in [0.15, 0.2) is 0 Å². The maximum absolute atomic E-state index is 13.9. The Morgan fingerprint density at radius 2 is 2.00 bits per heavy atom. The lowest BCUT2D eigenvalue weighted by atomic mass is 9.66. The Morgan fingerprint density at radius 3 is 2.69 bits per heavy atom. The largest absolute Gasteiger partial charge is 0.304 e. The second kappa shape index (κ2) is 2.69. The highest BCUT2D eigenvalue weighted by Crippen LogP contribution is 2.43. The van der Waals surface area contributed by atoms with Gasteiger partial charge in [0, 0.05) is 11.1 Å². The molecule has 1 unspecified atom stereocenters. The standard InChI is InChI=1S/C11H20FN/c1-8-7-10(2)5-4-6-11(3,13-10)9(8)12/h8-9,13H,4-7H2,1-3H3/t8?,9-,10-,11+/m0/s1. The summed E-state index contributed by atoms with van der Waals surface area (Å²) in [6, 6.07) is 0. The fourth-order valence-corrected chi connectivity index (χ4v) is 3.46. The summed E-state index contributed by atoms with van der Waals surface area (Å²) >= 11 is 0. The summed E-state index contributed by atoms with van der Waals surface area (Å²) in [6.07, 6.45) is 3.70. The number of rotatable bonds is 0. The first-order valence-corrected chi connectivity index (χ1v) is 5.39. The van der Waals surface area contributed by atoms with E-state index < -0.39 is 6.17 Å². The van der Waals surface area contributed by atoms with E-state index >= 15 is 0 Å². The van der Waals surface area contributed by atoms with Crippen LogP contribution >= 0.6 is 0 Å². The van der Waals surface area contributed by atoms with E-state index in [9.17, 15) is 4.39 Å². The lowest BCUT2D eigenvalue weighted by Gasteiger charge is -2.54. The molecule has 0 saturated carbocycles. The topological polar surface area (TPSA) is 12.0 Å². The summed E-state index contributed by atoms with van der Waals surface area (Å²) in [4.78, 5) is 0. The van der Waals surface area contributed by atoms with Crippen LogP contribution in [0, 0.1) is 5.92 Å². The maximum atomic E-state index is 13.9. The van der Waals surface area contributed by atoms with Gasteiger partial charge in [-0.25, -0.2) is 4.39 Å². The second-order valence-electron chi connectivity index (χ2n) is 5.54. The van der Waals surface area contributed by atoms with Gasteiger partial charge in [-0.15, -0.1) is 0 Å². The van der Waals surface area contributed by atoms with Gasteiger partial charge in [-0.3, -0.25) is 0 Å². The summed E-state index contributed by atoms with van der Waals surface area (Å²) in [5.41, 5.74) is -0.0420. The molecular formula is C11H20FN. The minimum Gasteiger partial charge on any atom is -0.304 e. The molecule has 0 aromatic heterocycles. The molecule has 2 heteroatoms. The number of hydrogen-bond donors (Lipinski definition) is 1. The number of halogens is 1. The minimum absolute atomic E-state index is 0.203. The van der Waals surface area contributed by atoms with E-state index in [0.29, 0.717) is 0 Å². The smallest absolute Gasteiger partial charge is 0.121 e. The molecular weight excluding hydrogens is 165 g/mol. The maximum Gasteiger partial charge on any atom is 0.121 e. The van der Waals surface area contributed by atoms with Crippen LogP contribution in [0.3, 0.4) is 0 Å². The number of alkyl halides is 1. The molecule has 1 N–H and O–H groups in total. The Kier molecular flexibility index (Phi) is 1.96. The first-order chi connectivity index (χ1) is 5.95. The molecule has 2 rings (SSSR count). The first-order valence-electron chi connectivity index (χ1n) is 5.39. The molecule has 2 heterocycles. The monoisotopic (exact) mass is 185 g/mol. The SMILES string of the molecule is CC1C[C@]2(C)CCC[C@@](C)(N2)[C@H]1F. The highest BCUT2D eigenvalue weighted by Gasteiger charge is 2.50. The van der Waals surface area contributed by atoms with Crippen molar-refractivity contribution in [1.29, 1.82) is 0 Å². The third-order valence-corrected chi connectivity index (χ3v) is 3.89. The Balaban J connectivity index is 2.26. The van der Waals surface area contributed by atoms with E-state index in [2.05, 4.69) is 12.2 Å². The van der Waals surface area contributed by atoms with Crippen LogP contribution in [-0.4, -0.2) is 17.2 Å². The molecule has 1 nitrogen and oxygen atoms in total. The van der Waals surface area contributed by atoms with Crippen molar-refractivity contribution >= 4 is 0 Å². The van der Waals surface area contributed by atoms with E-state index in [-0.39, 0.29) is 17.0 Å². The van der Waals surface area contributed by atoms with Crippen molar-refractivity contribution in [3.8, 4) is 0 Å². The van der Waals surface area contributed by atoms with Crippen LogP contribution < -0.4 is 5.32 Å². The molecule has 2 saturated heterocycles. The van der Waals surface area contributed by atoms with Crippen molar-refractivity contribution in [3.05, 3.63) is 0 Å². The average molecular weight is 185 g/mol. The predicted octanol–water partition coefficient (Wildman–Crippen LogP) is 2.66. The minimum atomic E-state index is -0.666. The zero-order valence-electron chi connectivity index (χ0n) is 8.86. The molecule has 2 bridgehead atoms. The molecule has 13 heavy (non-hydrogen) atoms. The van der Waals surface area contributed by atoms with Crippen molar-refractivity contribution in [2.75, 3.05) is 0 Å². The highest BCUT2D eigenvalue weighted by atomic mass is 19.1. The zero-order chi connectivity index (χ0) is 9.69. The van der Waals surface area contributed by atoms with Gasteiger partial charge in [-0.1, -0.05) is 6.92 Å². The van der Waals surface area contributed by atoms with Crippen LogP contribution in [0.25, 0.3) is 0 Å². The van der Waals surface area contributed by atoms with E-state index in [0.717, 1.165) is 12.8 Å². The number of nitrogens with one attached hydrogen (secondary N) is 1. The molecule has 0 amide bonds. The van der Waals surface area contributed by atoms with Crippen LogP contribution in [0.1, 0.15) is 46.5 Å². The van der Waals surface area contributed by atoms with Crippen LogP contribution in [-0.2, 0) is 0 Å². The molecule has 0 radical (unpaired) electrons. The van der Waals surface area contributed by atoms with Crippen molar-refractivity contribution < 1.29 is 4.39 Å². The number of hydrogen-bond acceptors (Lipinski definition) is 1. The Labute approximate surface area is 80.1 Å². The molecule has 0 aromatic carbocycles. The van der Waals surface area contributed by atoms with Gasteiger partial charge >= 0.3 is 0 Å². The molecule has 0 spiro atoms. The summed E-state index contributed by atoms with van der Waals surface area (Å²) in [7, 11) is 0. The molecule has 2 aliphatic heterocycles. The highest BCUT2D eigenvalue weighted by molar-refractivity contribution is 5.08. The van der Waals surface area contributed by atoms with Crippen molar-refractivity contribution in [3.63, 3.8) is 0 Å². The fraction of sp³-hybridized carbons (Fsp3) is 1.00. The predicted molar refractivity (Wildman–Crippen MR) is 52.5 cm³/mol. The summed E-state index contributed by atoms with van der Waals surface area (Å²) in [6.45, 7) is 6.34. The summed E-state index contributed by atoms with van der Waals surface area (Å²) in [5.74, 6) is 0.219. The summed E-state index contributed by atoms with van der Waals surface area (Å²) < 4.78 is 13.9. The van der Waals surface area contributed by atoms with E-state index in [4.69, 9.17) is 0 Å². The average Bonchev–Trinajstić information content (AvgIpc) is 1.99. The van der Waals surface area contributed by atoms with Crippen LogP contribution in [0.5, 0.6) is 0 Å². The second-order valence-corrected chi connectivity index (χ2v) is 5.54. The van der Waals surface area contributed by atoms with Gasteiger partial charge in [0.25, 0.3) is 0 Å². The van der Waals surface area contributed by atoms with Gasteiger partial charge in [-0.05, 0) is 45.4 Å². The lowest BCUT2D eigenvalue weighted by Crippen LogP contribution is -2.68. The van der Waals surface area contributed by atoms with Crippen molar-refractivity contribution in [2.45, 2.75) is 63.7 Å². The van der Waals surface area contributed by atoms with Gasteiger partial charge in [0.2, 0.25) is 0 Å². The molecule has 0 aromatic rings. The summed E-state index contributed by atoms with van der Waals surface area (Å²) in [5, 5.41) is 3.51. The Hall–Kier alpha value is -0.110. The van der Waals surface area contributed by atoms with Gasteiger partial charge in [0.1, 0.15) is 6.17 Å².